The molecule has 1 aromatic carbocycles. The zero-order valence-electron chi connectivity index (χ0n) is 17.7. The third-order valence-corrected chi connectivity index (χ3v) is 5.72. The van der Waals surface area contributed by atoms with Gasteiger partial charge in [0.05, 0.1) is 24.6 Å². The molecule has 1 aliphatic heterocycles. The van der Waals surface area contributed by atoms with Gasteiger partial charge in [0, 0.05) is 24.2 Å². The van der Waals surface area contributed by atoms with Crippen LogP contribution in [0.15, 0.2) is 34.5 Å². The monoisotopic (exact) mass is 396 g/mol. The highest BCUT2D eigenvalue weighted by Crippen LogP contribution is 2.32. The van der Waals surface area contributed by atoms with Gasteiger partial charge in [-0.15, -0.1) is 0 Å². The van der Waals surface area contributed by atoms with Gasteiger partial charge in [0.1, 0.15) is 0 Å². The zero-order valence-corrected chi connectivity index (χ0v) is 17.7. The number of hydrogen-bond acceptors (Lipinski definition) is 5. The summed E-state index contributed by atoms with van der Waals surface area (Å²) in [6.45, 7) is 9.85. The Hall–Kier alpha value is -2.89. The SMILES string of the molecule is CCOC(=O)C1=C(NC(=O)CC2Nc3cc(C)c(C)cc3CC2=O)CC(C)=C1C. The molecule has 0 radical (unpaired) electrons. The highest BCUT2D eigenvalue weighted by molar-refractivity contribution is 5.99. The number of benzene rings is 1. The third kappa shape index (κ3) is 4.26. The van der Waals surface area contributed by atoms with Gasteiger partial charge >= 0.3 is 5.97 Å². The predicted molar refractivity (Wildman–Crippen MR) is 111 cm³/mol. The largest absolute Gasteiger partial charge is 0.462 e. The number of hydrogen-bond donors (Lipinski definition) is 2. The van der Waals surface area contributed by atoms with E-state index in [1.807, 2.05) is 39.8 Å². The second-order valence-electron chi connectivity index (χ2n) is 7.84. The average molecular weight is 396 g/mol. The number of allylic oxidation sites excluding steroid dienone is 1. The normalized spacial score (nSPS) is 18.5. The van der Waals surface area contributed by atoms with Gasteiger partial charge in [-0.25, -0.2) is 4.79 Å². The minimum atomic E-state index is -0.576. The number of aryl methyl sites for hydroxylation is 2. The van der Waals surface area contributed by atoms with Crippen LogP contribution in [-0.2, 0) is 25.5 Å². The van der Waals surface area contributed by atoms with Crippen molar-refractivity contribution < 1.29 is 19.1 Å². The maximum absolute atomic E-state index is 12.7. The summed E-state index contributed by atoms with van der Waals surface area (Å²) >= 11 is 0. The number of amides is 1. The summed E-state index contributed by atoms with van der Waals surface area (Å²) < 4.78 is 5.13. The van der Waals surface area contributed by atoms with Crippen molar-refractivity contribution in [1.82, 2.24) is 5.32 Å². The summed E-state index contributed by atoms with van der Waals surface area (Å²) in [5.41, 5.74) is 7.00. The number of carbonyl (C=O) groups is 3. The molecule has 1 atom stereocenters. The average Bonchev–Trinajstić information content (AvgIpc) is 2.91. The molecule has 2 N–H and O–H groups in total. The molecule has 0 spiro atoms. The number of carbonyl (C=O) groups excluding carboxylic acids is 3. The molecule has 3 rings (SSSR count). The number of Topliss-reactive ketones (excluding diaryl/α,β-unsaturated/α-hetero) is 1. The second-order valence-corrected chi connectivity index (χ2v) is 7.84. The zero-order chi connectivity index (χ0) is 21.3. The van der Waals surface area contributed by atoms with Crippen molar-refractivity contribution in [2.75, 3.05) is 11.9 Å². The molecular formula is C23H28N2O4. The fourth-order valence-corrected chi connectivity index (χ4v) is 3.82. The molecule has 0 aromatic heterocycles. The van der Waals surface area contributed by atoms with Gasteiger partial charge < -0.3 is 15.4 Å². The van der Waals surface area contributed by atoms with Gasteiger partial charge in [0.15, 0.2) is 5.78 Å². The lowest BCUT2D eigenvalue weighted by atomic mass is 9.92. The van der Waals surface area contributed by atoms with E-state index in [4.69, 9.17) is 4.74 Å². The van der Waals surface area contributed by atoms with E-state index in [0.29, 0.717) is 24.1 Å². The summed E-state index contributed by atoms with van der Waals surface area (Å²) in [4.78, 5) is 37.5. The van der Waals surface area contributed by atoms with Crippen molar-refractivity contribution in [1.29, 1.82) is 0 Å². The van der Waals surface area contributed by atoms with Gasteiger partial charge in [0.2, 0.25) is 5.91 Å². The minimum absolute atomic E-state index is 0.00703. The predicted octanol–water partition coefficient (Wildman–Crippen LogP) is 3.27. The molecule has 1 aromatic rings. The standard InChI is InChI=1S/C23H28N2O4/c1-6-29-23(28)22-15(5)14(4)9-19(22)25-21(27)11-18-20(26)10-16-7-12(2)13(3)8-17(16)24-18/h7-8,18,24H,6,9-11H2,1-5H3,(H,25,27). The Morgan fingerprint density at radius 3 is 2.52 bits per heavy atom. The van der Waals surface area contributed by atoms with E-state index < -0.39 is 12.0 Å². The number of anilines is 1. The van der Waals surface area contributed by atoms with Crippen LogP contribution in [0.3, 0.4) is 0 Å². The van der Waals surface area contributed by atoms with Crippen LogP contribution in [0, 0.1) is 13.8 Å². The van der Waals surface area contributed by atoms with Crippen molar-refractivity contribution in [2.45, 2.75) is 59.9 Å². The fourth-order valence-electron chi connectivity index (χ4n) is 3.82. The van der Waals surface area contributed by atoms with E-state index in [-0.39, 0.29) is 24.7 Å². The van der Waals surface area contributed by atoms with E-state index in [1.54, 1.807) is 6.92 Å². The minimum Gasteiger partial charge on any atom is -0.462 e. The van der Waals surface area contributed by atoms with Crippen molar-refractivity contribution >= 4 is 23.3 Å². The van der Waals surface area contributed by atoms with Crippen LogP contribution < -0.4 is 10.6 Å². The van der Waals surface area contributed by atoms with Crippen LogP contribution in [0.2, 0.25) is 0 Å². The first kappa shape index (κ1) is 20.8. The molecule has 6 nitrogen and oxygen atoms in total. The summed E-state index contributed by atoms with van der Waals surface area (Å²) in [5.74, 6) is -0.723. The molecule has 1 aliphatic carbocycles. The number of fused-ring (bicyclic) bond motifs is 1. The molecule has 154 valence electrons. The van der Waals surface area contributed by atoms with E-state index >= 15 is 0 Å². The number of ether oxygens (including phenoxy) is 1. The molecule has 29 heavy (non-hydrogen) atoms. The van der Waals surface area contributed by atoms with Crippen LogP contribution in [0.5, 0.6) is 0 Å². The molecule has 1 unspecified atom stereocenters. The molecule has 0 fully saturated rings. The first-order valence-corrected chi connectivity index (χ1v) is 9.97. The smallest absolute Gasteiger partial charge is 0.340 e. The summed E-state index contributed by atoms with van der Waals surface area (Å²) in [6.07, 6.45) is 0.833. The van der Waals surface area contributed by atoms with Gasteiger partial charge in [-0.05, 0) is 62.9 Å². The number of nitrogens with one attached hydrogen (secondary N) is 2. The molecule has 0 saturated carbocycles. The molecular weight excluding hydrogens is 368 g/mol. The lowest BCUT2D eigenvalue weighted by Gasteiger charge is -2.26. The summed E-state index contributed by atoms with van der Waals surface area (Å²) in [6, 6.07) is 3.47. The van der Waals surface area contributed by atoms with Gasteiger partial charge in [-0.1, -0.05) is 11.6 Å². The highest BCUT2D eigenvalue weighted by Gasteiger charge is 2.30. The summed E-state index contributed by atoms with van der Waals surface area (Å²) in [7, 11) is 0. The fraction of sp³-hybridized carbons (Fsp3) is 0.435. The first-order chi connectivity index (χ1) is 13.7. The maximum Gasteiger partial charge on any atom is 0.340 e. The lowest BCUT2D eigenvalue weighted by Crippen LogP contribution is -2.40. The molecule has 6 heteroatoms. The third-order valence-electron chi connectivity index (χ3n) is 5.72. The quantitative estimate of drug-likeness (QED) is 0.746. The Balaban J connectivity index is 1.72. The molecule has 2 aliphatic rings. The molecule has 0 bridgehead atoms. The van der Waals surface area contributed by atoms with E-state index in [2.05, 4.69) is 10.6 Å². The Labute approximate surface area is 171 Å². The molecule has 1 heterocycles. The van der Waals surface area contributed by atoms with Crippen LogP contribution in [-0.4, -0.2) is 30.3 Å². The number of ketones is 1. The lowest BCUT2D eigenvalue weighted by molar-refractivity contribution is -0.138. The number of rotatable bonds is 5. The van der Waals surface area contributed by atoms with Crippen LogP contribution in [0.1, 0.15) is 50.3 Å². The molecule has 0 saturated heterocycles. The Bertz CT molecular complexity index is 956. The van der Waals surface area contributed by atoms with Crippen LogP contribution in [0.25, 0.3) is 0 Å². The summed E-state index contributed by atoms with van der Waals surface area (Å²) in [5, 5.41) is 6.06. The van der Waals surface area contributed by atoms with Crippen LogP contribution >= 0.6 is 0 Å². The Morgan fingerprint density at radius 1 is 1.14 bits per heavy atom. The topological polar surface area (TPSA) is 84.5 Å². The highest BCUT2D eigenvalue weighted by atomic mass is 16.5. The number of esters is 1. The Morgan fingerprint density at radius 2 is 1.83 bits per heavy atom. The first-order valence-electron chi connectivity index (χ1n) is 9.97. The van der Waals surface area contributed by atoms with Gasteiger partial charge in [0.25, 0.3) is 0 Å². The molecule has 1 amide bonds. The van der Waals surface area contributed by atoms with Crippen LogP contribution in [0.4, 0.5) is 5.69 Å². The van der Waals surface area contributed by atoms with Crippen molar-refractivity contribution in [3.05, 3.63) is 51.2 Å². The van der Waals surface area contributed by atoms with E-state index in [9.17, 15) is 14.4 Å². The Kier molecular flexibility index (Phi) is 5.91. The van der Waals surface area contributed by atoms with Crippen molar-refractivity contribution in [3.63, 3.8) is 0 Å². The van der Waals surface area contributed by atoms with Crippen molar-refractivity contribution in [2.24, 2.45) is 0 Å². The van der Waals surface area contributed by atoms with Gasteiger partial charge in [-0.3, -0.25) is 9.59 Å². The van der Waals surface area contributed by atoms with E-state index in [0.717, 1.165) is 33.5 Å². The second kappa shape index (κ2) is 8.23. The van der Waals surface area contributed by atoms with Crippen molar-refractivity contribution in [3.8, 4) is 0 Å². The van der Waals surface area contributed by atoms with Gasteiger partial charge in [-0.2, -0.15) is 0 Å². The van der Waals surface area contributed by atoms with E-state index in [1.165, 1.54) is 0 Å². The maximum atomic E-state index is 12.7.